The van der Waals surface area contributed by atoms with Crippen LogP contribution in [0.4, 0.5) is 5.82 Å². The molecule has 1 aliphatic heterocycles. The van der Waals surface area contributed by atoms with Crippen molar-refractivity contribution >= 4 is 17.4 Å². The molecule has 1 aliphatic carbocycles. The SMILES string of the molecule is O=C(O)c1c(N2CC3CCC2C3)nc2ccccn12. The van der Waals surface area contributed by atoms with E-state index in [-0.39, 0.29) is 0 Å². The topological polar surface area (TPSA) is 57.8 Å². The largest absolute Gasteiger partial charge is 0.476 e. The molecule has 1 saturated carbocycles. The maximum atomic E-state index is 11.6. The summed E-state index contributed by atoms with van der Waals surface area (Å²) in [6.45, 7) is 0.953. The van der Waals surface area contributed by atoms with Gasteiger partial charge in [0.2, 0.25) is 0 Å². The van der Waals surface area contributed by atoms with E-state index in [0.717, 1.165) is 18.9 Å². The van der Waals surface area contributed by atoms with Crippen LogP contribution in [0, 0.1) is 5.92 Å². The molecular weight excluding hydrogens is 242 g/mol. The summed E-state index contributed by atoms with van der Waals surface area (Å²) >= 11 is 0. The average Bonchev–Trinajstić information content (AvgIpc) is 3.10. The van der Waals surface area contributed by atoms with Crippen molar-refractivity contribution in [3.8, 4) is 0 Å². The fourth-order valence-electron chi connectivity index (χ4n) is 3.57. The number of carboxylic acid groups (broad SMARTS) is 1. The van der Waals surface area contributed by atoms with E-state index >= 15 is 0 Å². The van der Waals surface area contributed by atoms with Gasteiger partial charge in [0.05, 0.1) is 0 Å². The van der Waals surface area contributed by atoms with Crippen molar-refractivity contribution in [1.29, 1.82) is 0 Å². The number of carboxylic acids is 1. The minimum atomic E-state index is -0.906. The number of hydrogen-bond acceptors (Lipinski definition) is 3. The third-order valence-electron chi connectivity index (χ3n) is 4.40. The highest BCUT2D eigenvalue weighted by Gasteiger charge is 2.40. The molecule has 98 valence electrons. The van der Waals surface area contributed by atoms with Crippen molar-refractivity contribution in [2.24, 2.45) is 5.92 Å². The highest BCUT2D eigenvalue weighted by molar-refractivity contribution is 5.93. The quantitative estimate of drug-likeness (QED) is 0.894. The lowest BCUT2D eigenvalue weighted by molar-refractivity contribution is 0.0690. The van der Waals surface area contributed by atoms with Crippen LogP contribution in [0.3, 0.4) is 0 Å². The maximum absolute atomic E-state index is 11.6. The van der Waals surface area contributed by atoms with Crippen molar-refractivity contribution < 1.29 is 9.90 Å². The second kappa shape index (κ2) is 3.73. The first-order chi connectivity index (χ1) is 9.24. The maximum Gasteiger partial charge on any atom is 0.356 e. The summed E-state index contributed by atoms with van der Waals surface area (Å²) < 4.78 is 1.67. The summed E-state index contributed by atoms with van der Waals surface area (Å²) in [7, 11) is 0. The van der Waals surface area contributed by atoms with E-state index in [9.17, 15) is 9.90 Å². The van der Waals surface area contributed by atoms with E-state index in [4.69, 9.17) is 0 Å². The predicted molar refractivity (Wildman–Crippen MR) is 70.6 cm³/mol. The number of carbonyl (C=O) groups is 1. The number of pyridine rings is 1. The van der Waals surface area contributed by atoms with Gasteiger partial charge in [0.25, 0.3) is 0 Å². The zero-order valence-electron chi connectivity index (χ0n) is 10.5. The summed E-state index contributed by atoms with van der Waals surface area (Å²) in [5.41, 5.74) is 1.00. The van der Waals surface area contributed by atoms with Crippen LogP contribution in [0.15, 0.2) is 24.4 Å². The highest BCUT2D eigenvalue weighted by Crippen LogP contribution is 2.40. The monoisotopic (exact) mass is 257 g/mol. The van der Waals surface area contributed by atoms with Gasteiger partial charge in [-0.25, -0.2) is 9.78 Å². The standard InChI is InChI=1S/C14H15N3O2/c18-14(19)12-13(15-11-3-1-2-6-16(11)12)17-8-9-4-5-10(17)7-9/h1-3,6,9-10H,4-5,7-8H2,(H,18,19). The first kappa shape index (κ1) is 10.8. The van der Waals surface area contributed by atoms with Crippen molar-refractivity contribution in [3.63, 3.8) is 0 Å². The summed E-state index contributed by atoms with van der Waals surface area (Å²) in [6, 6.07) is 6.05. The Morgan fingerprint density at radius 1 is 1.37 bits per heavy atom. The molecule has 2 aromatic rings. The Balaban J connectivity index is 1.89. The first-order valence-corrected chi connectivity index (χ1v) is 6.71. The van der Waals surface area contributed by atoms with Crippen molar-refractivity contribution in [2.75, 3.05) is 11.4 Å². The number of rotatable bonds is 2. The molecule has 2 fully saturated rings. The third kappa shape index (κ3) is 1.47. The summed E-state index contributed by atoms with van der Waals surface area (Å²) in [4.78, 5) is 18.3. The number of fused-ring (bicyclic) bond motifs is 3. The lowest BCUT2D eigenvalue weighted by atomic mass is 10.1. The number of aromatic carboxylic acids is 1. The number of piperidine rings is 1. The molecule has 2 aliphatic rings. The van der Waals surface area contributed by atoms with Gasteiger partial charge in [-0.1, -0.05) is 6.07 Å². The van der Waals surface area contributed by atoms with Gasteiger partial charge in [-0.3, -0.25) is 4.40 Å². The fraction of sp³-hybridized carbons (Fsp3) is 0.429. The molecular formula is C14H15N3O2. The van der Waals surface area contributed by atoms with Crippen LogP contribution in [-0.4, -0.2) is 33.0 Å². The van der Waals surface area contributed by atoms with Gasteiger partial charge in [0.15, 0.2) is 11.5 Å². The normalized spacial score (nSPS) is 25.4. The minimum absolute atomic E-state index is 0.295. The number of hydrogen-bond donors (Lipinski definition) is 1. The van der Waals surface area contributed by atoms with Crippen molar-refractivity contribution in [3.05, 3.63) is 30.1 Å². The Morgan fingerprint density at radius 3 is 2.95 bits per heavy atom. The number of anilines is 1. The fourth-order valence-corrected chi connectivity index (χ4v) is 3.57. The van der Waals surface area contributed by atoms with E-state index in [1.165, 1.54) is 12.8 Å². The van der Waals surface area contributed by atoms with E-state index in [1.807, 2.05) is 18.2 Å². The number of imidazole rings is 1. The molecule has 5 nitrogen and oxygen atoms in total. The van der Waals surface area contributed by atoms with Crippen LogP contribution >= 0.6 is 0 Å². The van der Waals surface area contributed by atoms with Gasteiger partial charge in [-0.2, -0.15) is 0 Å². The molecule has 1 N–H and O–H groups in total. The zero-order chi connectivity index (χ0) is 13.0. The van der Waals surface area contributed by atoms with Crippen LogP contribution in [0.1, 0.15) is 29.8 Å². The summed E-state index contributed by atoms with van der Waals surface area (Å²) in [6.07, 6.45) is 5.39. The Bertz CT molecular complexity index is 664. The Hall–Kier alpha value is -2.04. The summed E-state index contributed by atoms with van der Waals surface area (Å²) in [5, 5.41) is 9.50. The summed E-state index contributed by atoms with van der Waals surface area (Å²) in [5.74, 6) is 0.457. The molecule has 2 atom stereocenters. The van der Waals surface area contributed by atoms with Gasteiger partial charge in [0, 0.05) is 18.8 Å². The molecule has 3 heterocycles. The number of aromatic nitrogens is 2. The van der Waals surface area contributed by atoms with Crippen LogP contribution in [0.25, 0.3) is 5.65 Å². The van der Waals surface area contributed by atoms with Gasteiger partial charge < -0.3 is 10.0 Å². The predicted octanol–water partition coefficient (Wildman–Crippen LogP) is 2.02. The average molecular weight is 257 g/mol. The molecule has 0 radical (unpaired) electrons. The number of nitrogens with zero attached hydrogens (tertiary/aromatic N) is 3. The Morgan fingerprint density at radius 2 is 2.26 bits per heavy atom. The van der Waals surface area contributed by atoms with Gasteiger partial charge >= 0.3 is 5.97 Å². The van der Waals surface area contributed by atoms with Crippen LogP contribution in [-0.2, 0) is 0 Å². The van der Waals surface area contributed by atoms with E-state index in [1.54, 1.807) is 10.6 Å². The molecule has 5 heteroatoms. The van der Waals surface area contributed by atoms with Crippen molar-refractivity contribution in [2.45, 2.75) is 25.3 Å². The molecule has 1 saturated heterocycles. The lowest BCUT2D eigenvalue weighted by Crippen LogP contribution is -2.33. The smallest absolute Gasteiger partial charge is 0.356 e. The molecule has 2 aromatic heterocycles. The van der Waals surface area contributed by atoms with Crippen molar-refractivity contribution in [1.82, 2.24) is 9.38 Å². The second-order valence-electron chi connectivity index (χ2n) is 5.50. The minimum Gasteiger partial charge on any atom is -0.476 e. The van der Waals surface area contributed by atoms with Crippen LogP contribution in [0.2, 0.25) is 0 Å². The van der Waals surface area contributed by atoms with E-state index in [0.29, 0.717) is 23.2 Å². The van der Waals surface area contributed by atoms with Crippen LogP contribution < -0.4 is 4.90 Å². The molecule has 19 heavy (non-hydrogen) atoms. The zero-order valence-corrected chi connectivity index (χ0v) is 10.5. The lowest BCUT2D eigenvalue weighted by Gasteiger charge is -2.27. The van der Waals surface area contributed by atoms with Gasteiger partial charge in [-0.15, -0.1) is 0 Å². The third-order valence-corrected chi connectivity index (χ3v) is 4.40. The molecule has 0 aromatic carbocycles. The highest BCUT2D eigenvalue weighted by atomic mass is 16.4. The molecule has 4 rings (SSSR count). The van der Waals surface area contributed by atoms with Gasteiger partial charge in [0.1, 0.15) is 5.65 Å². The molecule has 2 bridgehead atoms. The molecule has 2 unspecified atom stereocenters. The van der Waals surface area contributed by atoms with Crippen LogP contribution in [0.5, 0.6) is 0 Å². The second-order valence-corrected chi connectivity index (χ2v) is 5.50. The van der Waals surface area contributed by atoms with E-state index < -0.39 is 5.97 Å². The Labute approximate surface area is 110 Å². The first-order valence-electron chi connectivity index (χ1n) is 6.71. The molecule has 0 spiro atoms. The van der Waals surface area contributed by atoms with Gasteiger partial charge in [-0.05, 0) is 37.3 Å². The Kier molecular flexibility index (Phi) is 2.13. The van der Waals surface area contributed by atoms with E-state index in [2.05, 4.69) is 9.88 Å². The molecule has 0 amide bonds.